The van der Waals surface area contributed by atoms with Crippen LogP contribution >= 0.6 is 0 Å². The Morgan fingerprint density at radius 3 is 2.14 bits per heavy atom. The third-order valence-electron chi connectivity index (χ3n) is 2.23. The molecule has 0 aliphatic heterocycles. The van der Waals surface area contributed by atoms with Crippen LogP contribution in [0.5, 0.6) is 0 Å². The molecule has 0 rings (SSSR count). The van der Waals surface area contributed by atoms with Crippen molar-refractivity contribution in [3.8, 4) is 0 Å². The van der Waals surface area contributed by atoms with Crippen LogP contribution in [-0.2, 0) is 28.5 Å². The molecule has 0 amide bonds. The maximum atomic E-state index is 11.1. The first-order chi connectivity index (χ1) is 9.99. The van der Waals surface area contributed by atoms with Crippen LogP contribution in [0.1, 0.15) is 13.3 Å². The number of rotatable bonds is 11. The number of carbonyl (C=O) groups excluding carboxylic acids is 2. The molecule has 8 nitrogen and oxygen atoms in total. The minimum absolute atomic E-state index is 0.0791. The van der Waals surface area contributed by atoms with E-state index < -0.39 is 24.1 Å². The Morgan fingerprint density at radius 2 is 1.57 bits per heavy atom. The Balaban J connectivity index is 3.62. The van der Waals surface area contributed by atoms with Crippen molar-refractivity contribution >= 4 is 11.9 Å². The molecule has 21 heavy (non-hydrogen) atoms. The second-order valence-electron chi connectivity index (χ2n) is 4.06. The number of hydrogen-bond donors (Lipinski definition) is 2. The number of aliphatic hydroxyl groups is 2. The van der Waals surface area contributed by atoms with Crippen molar-refractivity contribution in [2.24, 2.45) is 0 Å². The molecule has 8 heteroatoms. The fraction of sp³-hybridized carbons (Fsp3) is 0.692. The minimum Gasteiger partial charge on any atom is -0.466 e. The monoisotopic (exact) mass is 306 g/mol. The summed E-state index contributed by atoms with van der Waals surface area (Å²) in [5.74, 6) is -1.45. The highest BCUT2D eigenvalue weighted by atomic mass is 16.7. The van der Waals surface area contributed by atoms with E-state index >= 15 is 0 Å². The Morgan fingerprint density at radius 1 is 1.00 bits per heavy atom. The molecule has 0 aromatic heterocycles. The normalized spacial score (nSPS) is 13.9. The van der Waals surface area contributed by atoms with Crippen LogP contribution in [0.4, 0.5) is 0 Å². The molecule has 0 heterocycles. The maximum absolute atomic E-state index is 11.1. The van der Waals surface area contributed by atoms with Crippen LogP contribution in [0.3, 0.4) is 0 Å². The zero-order valence-corrected chi connectivity index (χ0v) is 12.2. The second-order valence-corrected chi connectivity index (χ2v) is 4.06. The molecule has 0 bridgehead atoms. The SMILES string of the molecule is CCC(O)COCOCC(O)COC(=O)/C=C/C(=O)OC. The Labute approximate surface area is 123 Å². The van der Waals surface area contributed by atoms with Crippen LogP contribution in [0.15, 0.2) is 12.2 Å². The number of methoxy groups -OCH3 is 1. The first-order valence-electron chi connectivity index (χ1n) is 6.44. The van der Waals surface area contributed by atoms with Gasteiger partial charge in [-0.25, -0.2) is 9.59 Å². The van der Waals surface area contributed by atoms with Gasteiger partial charge in [-0.3, -0.25) is 0 Å². The second kappa shape index (κ2) is 12.3. The fourth-order valence-corrected chi connectivity index (χ4v) is 1.02. The molecular weight excluding hydrogens is 284 g/mol. The fourth-order valence-electron chi connectivity index (χ4n) is 1.02. The van der Waals surface area contributed by atoms with Gasteiger partial charge in [-0.15, -0.1) is 0 Å². The van der Waals surface area contributed by atoms with E-state index in [0.717, 1.165) is 12.2 Å². The van der Waals surface area contributed by atoms with Crippen molar-refractivity contribution in [3.63, 3.8) is 0 Å². The molecule has 0 aliphatic carbocycles. The molecule has 2 N–H and O–H groups in total. The lowest BCUT2D eigenvalue weighted by Crippen LogP contribution is -2.24. The number of carbonyl (C=O) groups is 2. The summed E-state index contributed by atoms with van der Waals surface area (Å²) < 4.78 is 18.9. The van der Waals surface area contributed by atoms with Crippen LogP contribution in [-0.4, -0.2) is 68.1 Å². The van der Waals surface area contributed by atoms with Gasteiger partial charge >= 0.3 is 11.9 Å². The lowest BCUT2D eigenvalue weighted by Gasteiger charge is -2.12. The third kappa shape index (κ3) is 12.0. The van der Waals surface area contributed by atoms with Gasteiger partial charge in [-0.1, -0.05) is 6.92 Å². The van der Waals surface area contributed by atoms with Gasteiger partial charge in [0.1, 0.15) is 19.5 Å². The summed E-state index contributed by atoms with van der Waals surface area (Å²) in [4.78, 5) is 21.8. The molecule has 0 fully saturated rings. The van der Waals surface area contributed by atoms with Crippen LogP contribution < -0.4 is 0 Å². The van der Waals surface area contributed by atoms with E-state index in [1.807, 2.05) is 6.92 Å². The highest BCUT2D eigenvalue weighted by molar-refractivity contribution is 5.91. The highest BCUT2D eigenvalue weighted by Gasteiger charge is 2.08. The molecular formula is C13H22O8. The first kappa shape index (κ1) is 19.5. The van der Waals surface area contributed by atoms with Gasteiger partial charge in [0, 0.05) is 12.2 Å². The molecule has 0 radical (unpaired) electrons. The van der Waals surface area contributed by atoms with Crippen LogP contribution in [0.2, 0.25) is 0 Å². The molecule has 122 valence electrons. The lowest BCUT2D eigenvalue weighted by molar-refractivity contribution is -0.145. The van der Waals surface area contributed by atoms with Gasteiger partial charge in [0.2, 0.25) is 0 Å². The average molecular weight is 306 g/mol. The average Bonchev–Trinajstić information content (AvgIpc) is 2.49. The van der Waals surface area contributed by atoms with E-state index in [0.29, 0.717) is 6.42 Å². The van der Waals surface area contributed by atoms with Crippen LogP contribution in [0.25, 0.3) is 0 Å². The predicted octanol–water partition coefficient (Wildman–Crippen LogP) is -0.619. The molecule has 0 aromatic rings. The summed E-state index contributed by atoms with van der Waals surface area (Å²) in [7, 11) is 1.18. The first-order valence-corrected chi connectivity index (χ1v) is 6.44. The zero-order valence-electron chi connectivity index (χ0n) is 12.2. The topological polar surface area (TPSA) is 112 Å². The zero-order chi connectivity index (χ0) is 16.1. The molecule has 0 saturated heterocycles. The quantitative estimate of drug-likeness (QED) is 0.225. The van der Waals surface area contributed by atoms with Gasteiger partial charge in [0.05, 0.1) is 26.4 Å². The van der Waals surface area contributed by atoms with Crippen LogP contribution in [0, 0.1) is 0 Å². The summed E-state index contributed by atoms with van der Waals surface area (Å²) in [5, 5.41) is 18.6. The molecule has 0 aliphatic rings. The van der Waals surface area contributed by atoms with Gasteiger partial charge < -0.3 is 29.2 Å². The Bertz CT molecular complexity index is 328. The highest BCUT2D eigenvalue weighted by Crippen LogP contribution is 1.93. The van der Waals surface area contributed by atoms with E-state index in [-0.39, 0.29) is 26.6 Å². The molecule has 0 aromatic carbocycles. The smallest absolute Gasteiger partial charge is 0.331 e. The van der Waals surface area contributed by atoms with E-state index in [2.05, 4.69) is 9.47 Å². The van der Waals surface area contributed by atoms with Gasteiger partial charge in [-0.05, 0) is 6.42 Å². The maximum Gasteiger partial charge on any atom is 0.331 e. The summed E-state index contributed by atoms with van der Waals surface area (Å²) in [6.45, 7) is 1.53. The van der Waals surface area contributed by atoms with E-state index in [4.69, 9.17) is 9.47 Å². The summed E-state index contributed by atoms with van der Waals surface area (Å²) in [6, 6.07) is 0. The predicted molar refractivity (Wildman–Crippen MR) is 71.2 cm³/mol. The van der Waals surface area contributed by atoms with Crippen molar-refractivity contribution in [3.05, 3.63) is 12.2 Å². The van der Waals surface area contributed by atoms with Crippen molar-refractivity contribution in [2.45, 2.75) is 25.6 Å². The number of esters is 2. The van der Waals surface area contributed by atoms with E-state index in [9.17, 15) is 19.8 Å². The summed E-state index contributed by atoms with van der Waals surface area (Å²) in [6.07, 6.45) is 0.839. The largest absolute Gasteiger partial charge is 0.466 e. The number of hydrogen-bond acceptors (Lipinski definition) is 8. The summed E-state index contributed by atoms with van der Waals surface area (Å²) >= 11 is 0. The van der Waals surface area contributed by atoms with E-state index in [1.54, 1.807) is 0 Å². The molecule has 2 atom stereocenters. The van der Waals surface area contributed by atoms with Crippen molar-refractivity contribution in [1.29, 1.82) is 0 Å². The van der Waals surface area contributed by atoms with E-state index in [1.165, 1.54) is 7.11 Å². The minimum atomic E-state index is -1.01. The number of ether oxygens (including phenoxy) is 4. The summed E-state index contributed by atoms with van der Waals surface area (Å²) in [5.41, 5.74) is 0. The molecule has 2 unspecified atom stereocenters. The Hall–Kier alpha value is -1.48. The van der Waals surface area contributed by atoms with Gasteiger partial charge in [-0.2, -0.15) is 0 Å². The van der Waals surface area contributed by atoms with Crippen molar-refractivity contribution in [2.75, 3.05) is 33.7 Å². The van der Waals surface area contributed by atoms with Crippen molar-refractivity contribution in [1.82, 2.24) is 0 Å². The van der Waals surface area contributed by atoms with Gasteiger partial charge in [0.25, 0.3) is 0 Å². The lowest BCUT2D eigenvalue weighted by atomic mass is 10.3. The Kier molecular flexibility index (Phi) is 11.4. The molecule has 0 spiro atoms. The molecule has 0 saturated carbocycles. The standard InChI is InChI=1S/C13H22O8/c1-3-10(14)6-19-9-20-7-11(15)8-21-13(17)5-4-12(16)18-2/h4-5,10-11,14-15H,3,6-9H2,1-2H3/b5-4+. The van der Waals surface area contributed by atoms with Crippen molar-refractivity contribution < 1.29 is 38.7 Å². The third-order valence-corrected chi connectivity index (χ3v) is 2.23. The number of aliphatic hydroxyl groups excluding tert-OH is 2. The van der Waals surface area contributed by atoms with Gasteiger partial charge in [0.15, 0.2) is 0 Å².